The monoisotopic (exact) mass is 1320 g/mol. The van der Waals surface area contributed by atoms with Gasteiger partial charge < -0.3 is 19.7 Å². The average Bonchev–Trinajstić information content (AvgIpc) is 0.797. The molecule has 4 unspecified atom stereocenters. The molecule has 0 bridgehead atoms. The molecule has 2 aromatic carbocycles. The number of carbonyl (C=O) groups is 2. The van der Waals surface area contributed by atoms with Crippen LogP contribution in [0, 0.1) is 60.2 Å². The highest BCUT2D eigenvalue weighted by molar-refractivity contribution is 5.95. The summed E-state index contributed by atoms with van der Waals surface area (Å²) in [6.07, 6.45) is 44.1. The van der Waals surface area contributed by atoms with Gasteiger partial charge in [0.2, 0.25) is 11.8 Å². The number of nitriles is 2. The lowest BCUT2D eigenvalue weighted by atomic mass is 9.78. The van der Waals surface area contributed by atoms with Crippen LogP contribution in [0.15, 0.2) is 78.6 Å². The molecule has 2 heterocycles. The number of unbranched alkanes of at least 4 members (excludes halogenated alkanes) is 24. The average molecular weight is 1320 g/mol. The van der Waals surface area contributed by atoms with Gasteiger partial charge in [0.15, 0.2) is 11.4 Å². The number of benzene rings is 2. The van der Waals surface area contributed by atoms with Crippen LogP contribution in [0.2, 0.25) is 0 Å². The Bertz CT molecular complexity index is 2960. The molecule has 0 saturated heterocycles. The third-order valence-corrected chi connectivity index (χ3v) is 19.7. The van der Waals surface area contributed by atoms with Gasteiger partial charge in [0.25, 0.3) is 11.1 Å². The highest BCUT2D eigenvalue weighted by Crippen LogP contribution is 2.36. The van der Waals surface area contributed by atoms with E-state index >= 15 is 0 Å². The normalized spacial score (nSPS) is 12.9. The summed E-state index contributed by atoms with van der Waals surface area (Å²) in [6.45, 7) is 17.2. The maximum atomic E-state index is 13.8. The first-order valence-corrected chi connectivity index (χ1v) is 37.8. The number of azo groups is 2. The van der Waals surface area contributed by atoms with E-state index in [9.17, 15) is 39.9 Å². The summed E-state index contributed by atoms with van der Waals surface area (Å²) in [6, 6.07) is 17.6. The largest absolute Gasteiger partial charge is 0.493 e. The molecule has 2 N–H and O–H groups in total. The molecular weight excluding hydrogens is 1200 g/mol. The van der Waals surface area contributed by atoms with Crippen molar-refractivity contribution >= 4 is 34.7 Å². The first-order chi connectivity index (χ1) is 46.7. The van der Waals surface area contributed by atoms with Crippen LogP contribution in [0.4, 0.5) is 22.7 Å². The van der Waals surface area contributed by atoms with E-state index in [-0.39, 0.29) is 92.8 Å². The van der Waals surface area contributed by atoms with Crippen molar-refractivity contribution < 1.29 is 29.3 Å². The molecule has 0 aliphatic rings. The fourth-order valence-corrected chi connectivity index (χ4v) is 13.4. The number of ether oxygens (including phenoxy) is 2. The zero-order valence-electron chi connectivity index (χ0n) is 60.5. The maximum Gasteiger partial charge on any atom is 0.340 e. The molecule has 0 saturated carbocycles. The predicted molar refractivity (Wildman–Crippen MR) is 389 cm³/mol. The Morgan fingerprint density at radius 2 is 0.729 bits per heavy atom. The summed E-state index contributed by atoms with van der Waals surface area (Å²) in [4.78, 5) is 54.5. The fourth-order valence-electron chi connectivity index (χ4n) is 13.4. The van der Waals surface area contributed by atoms with Gasteiger partial charge in [-0.25, -0.2) is 9.59 Å². The van der Waals surface area contributed by atoms with Crippen LogP contribution in [0.5, 0.6) is 11.8 Å². The molecule has 0 aliphatic heterocycles. The van der Waals surface area contributed by atoms with Crippen LogP contribution in [0.1, 0.15) is 329 Å². The lowest BCUT2D eigenvalue weighted by Crippen LogP contribution is -2.25. The van der Waals surface area contributed by atoms with Crippen LogP contribution >= 0.6 is 0 Å². The van der Waals surface area contributed by atoms with Crippen molar-refractivity contribution in [2.75, 3.05) is 13.2 Å². The molecule has 0 radical (unpaired) electrons. The second kappa shape index (κ2) is 48.7. The predicted octanol–water partition coefficient (Wildman–Crippen LogP) is 23.0. The summed E-state index contributed by atoms with van der Waals surface area (Å²) in [5.41, 5.74) is 0.304. The minimum atomic E-state index is -0.526. The molecular formula is C80H122N8O8. The molecule has 0 fully saturated rings. The number of pyridine rings is 2. The molecule has 16 nitrogen and oxygen atoms in total. The molecule has 4 atom stereocenters. The number of esters is 2. The van der Waals surface area contributed by atoms with Crippen LogP contribution in [-0.2, 0) is 22.6 Å². The van der Waals surface area contributed by atoms with Crippen LogP contribution in [0.25, 0.3) is 0 Å². The number of hydrogen-bond donors (Lipinski definition) is 2. The zero-order chi connectivity index (χ0) is 69.7. The molecule has 4 rings (SSSR count). The topological polar surface area (TPSA) is 234 Å². The van der Waals surface area contributed by atoms with Crippen molar-refractivity contribution in [2.24, 2.45) is 44.1 Å². The molecule has 0 spiro atoms. The quantitative estimate of drug-likeness (QED) is 0.0241. The number of aromatic nitrogens is 2. The molecule has 16 heteroatoms. The summed E-state index contributed by atoms with van der Waals surface area (Å²) in [5, 5.41) is 59.2. The van der Waals surface area contributed by atoms with Crippen molar-refractivity contribution in [3.63, 3.8) is 0 Å². The Labute approximate surface area is 577 Å². The maximum absolute atomic E-state index is 13.8. The van der Waals surface area contributed by atoms with E-state index in [2.05, 4.69) is 62.0 Å². The van der Waals surface area contributed by atoms with Gasteiger partial charge in [-0.3, -0.25) is 18.7 Å². The van der Waals surface area contributed by atoms with Crippen molar-refractivity contribution in [3.05, 3.63) is 103 Å². The van der Waals surface area contributed by atoms with E-state index in [0.29, 0.717) is 13.2 Å². The highest BCUT2D eigenvalue weighted by Gasteiger charge is 2.25. The molecule has 2 aromatic heterocycles. The number of nitrogens with zero attached hydrogens (tertiary/aromatic N) is 8. The standard InChI is InChI=1S/C80H122N8O8/c1-9-15-19-21-23-29-35-47-65(49-37-31-25-27-33-43-55-95-79(93)67-51-39-41-53-71(67)83-85-73-61(7)69(57-81)75(89)87(77(73)91)59-63(13-5)45-17-11-3)66(48-36-30-24-22-20-16-10-2)50-38-32-26-28-34-44-56-96-80(94)68-52-40-42-54-72(68)84-86-74-62(8)70(58-82)76(90)88(78(74)92)60-64(14-6)46-18-12-4/h39-42,51-54,63-66,89-90H,9-38,43-50,55-56,59-60H2,1-8H3. The lowest BCUT2D eigenvalue weighted by Gasteiger charge is -2.28. The van der Waals surface area contributed by atoms with E-state index in [0.717, 1.165) is 115 Å². The number of carbonyl (C=O) groups excluding carboxylic acids is 2. The first-order valence-electron chi connectivity index (χ1n) is 37.8. The number of aromatic hydroxyl groups is 2. The van der Waals surface area contributed by atoms with E-state index < -0.39 is 23.1 Å². The molecule has 530 valence electrons. The van der Waals surface area contributed by atoms with E-state index in [1.165, 1.54) is 150 Å². The van der Waals surface area contributed by atoms with Crippen molar-refractivity contribution in [3.8, 4) is 23.9 Å². The minimum Gasteiger partial charge on any atom is -0.493 e. The summed E-state index contributed by atoms with van der Waals surface area (Å²) < 4.78 is 14.0. The zero-order valence-corrected chi connectivity index (χ0v) is 60.5. The van der Waals surface area contributed by atoms with Crippen molar-refractivity contribution in [1.29, 1.82) is 10.5 Å². The molecule has 0 aliphatic carbocycles. The van der Waals surface area contributed by atoms with E-state index in [1.54, 1.807) is 62.4 Å². The first kappa shape index (κ1) is 81.5. The van der Waals surface area contributed by atoms with Gasteiger partial charge in [0, 0.05) is 24.2 Å². The van der Waals surface area contributed by atoms with Gasteiger partial charge in [-0.05, 0) is 87.5 Å². The van der Waals surface area contributed by atoms with E-state index in [4.69, 9.17) is 9.47 Å². The Morgan fingerprint density at radius 1 is 0.427 bits per heavy atom. The van der Waals surface area contributed by atoms with Gasteiger partial charge >= 0.3 is 11.9 Å². The second-order valence-corrected chi connectivity index (χ2v) is 27.1. The summed E-state index contributed by atoms with van der Waals surface area (Å²) in [5.74, 6) is 0.0665. The van der Waals surface area contributed by atoms with E-state index in [1.807, 2.05) is 12.1 Å². The summed E-state index contributed by atoms with van der Waals surface area (Å²) >= 11 is 0. The van der Waals surface area contributed by atoms with Crippen molar-refractivity contribution in [2.45, 2.75) is 312 Å². The van der Waals surface area contributed by atoms with Gasteiger partial charge in [0.05, 0.1) is 24.3 Å². The Morgan fingerprint density at radius 3 is 1.04 bits per heavy atom. The lowest BCUT2D eigenvalue weighted by molar-refractivity contribution is 0.0489. The van der Waals surface area contributed by atoms with Gasteiger partial charge in [0.1, 0.15) is 34.6 Å². The third-order valence-electron chi connectivity index (χ3n) is 19.7. The Balaban J connectivity index is 1.29. The smallest absolute Gasteiger partial charge is 0.340 e. The minimum absolute atomic E-state index is 0.0166. The van der Waals surface area contributed by atoms with Gasteiger partial charge in [-0.1, -0.05) is 284 Å². The van der Waals surface area contributed by atoms with Crippen LogP contribution in [0.3, 0.4) is 0 Å². The SMILES string of the molecule is CCCCCCCCCC(CCCCCCCCOC(=O)c1ccccc1N=Nc1c(C)c(C#N)c(O)n(CC(CC)CCCC)c1=O)C(CCCCCCCCC)CCCCCCCCOC(=O)c1ccccc1N=Nc1c(C)c(C#N)c(O)n(CC(CC)CCCC)c1=O. The van der Waals surface area contributed by atoms with Crippen molar-refractivity contribution in [1.82, 2.24) is 9.13 Å². The summed E-state index contributed by atoms with van der Waals surface area (Å²) in [7, 11) is 0. The van der Waals surface area contributed by atoms with Gasteiger partial charge in [-0.2, -0.15) is 10.5 Å². The Kier molecular flexibility index (Phi) is 41.3. The molecule has 0 amide bonds. The fraction of sp³-hybridized carbons (Fsp3) is 0.675. The second-order valence-electron chi connectivity index (χ2n) is 27.1. The third kappa shape index (κ3) is 28.3. The molecule has 96 heavy (non-hydrogen) atoms. The number of hydrogen-bond acceptors (Lipinski definition) is 14. The Hall–Kier alpha value is -6.94. The van der Waals surface area contributed by atoms with Gasteiger partial charge in [-0.15, -0.1) is 20.5 Å². The highest BCUT2D eigenvalue weighted by atomic mass is 16.5. The molecule has 4 aromatic rings. The number of rotatable bonds is 53. The van der Waals surface area contributed by atoms with Crippen LogP contribution < -0.4 is 11.1 Å². The van der Waals surface area contributed by atoms with Crippen LogP contribution in [-0.4, -0.2) is 44.5 Å².